The van der Waals surface area contributed by atoms with Crippen LogP contribution in [0.25, 0.3) is 0 Å². The first-order valence-corrected chi connectivity index (χ1v) is 11.7. The first-order chi connectivity index (χ1) is 15.5. The fraction of sp³-hybridized carbons (Fsp3) is 0.583. The summed E-state index contributed by atoms with van der Waals surface area (Å²) in [6, 6.07) is 6.56. The second-order valence-electron chi connectivity index (χ2n) is 8.89. The largest absolute Gasteiger partial charge is 0.497 e. The second kappa shape index (κ2) is 10.4. The Morgan fingerprint density at radius 3 is 2.53 bits per heavy atom. The number of ether oxygens (including phenoxy) is 1. The van der Waals surface area contributed by atoms with Gasteiger partial charge in [0, 0.05) is 55.7 Å². The summed E-state index contributed by atoms with van der Waals surface area (Å²) in [5, 5.41) is 16.8. The van der Waals surface area contributed by atoms with Gasteiger partial charge in [-0.25, -0.2) is 4.98 Å². The van der Waals surface area contributed by atoms with Crippen LogP contribution < -0.4 is 20.3 Å². The van der Waals surface area contributed by atoms with E-state index >= 15 is 0 Å². The van der Waals surface area contributed by atoms with Gasteiger partial charge in [0.15, 0.2) is 5.82 Å². The Hall–Kier alpha value is -2.58. The van der Waals surface area contributed by atoms with Gasteiger partial charge < -0.3 is 30.3 Å². The Balaban J connectivity index is 1.52. The number of benzene rings is 1. The number of aliphatic hydroxyl groups excluding tert-OH is 1. The number of aryl methyl sites for hydroxylation is 1. The molecule has 1 aliphatic heterocycles. The quantitative estimate of drug-likeness (QED) is 0.605. The minimum absolute atomic E-state index is 0.166. The highest BCUT2D eigenvalue weighted by Gasteiger charge is 2.21. The smallest absolute Gasteiger partial charge is 0.151 e. The Bertz CT molecular complexity index is 892. The summed E-state index contributed by atoms with van der Waals surface area (Å²) in [4.78, 5) is 14.2. The zero-order valence-corrected chi connectivity index (χ0v) is 19.5. The van der Waals surface area contributed by atoms with Crippen LogP contribution in [0.4, 0.5) is 23.0 Å². The van der Waals surface area contributed by atoms with Crippen LogP contribution in [0.5, 0.6) is 5.75 Å². The molecule has 8 nitrogen and oxygen atoms in total. The molecule has 1 aliphatic carbocycles. The maximum absolute atomic E-state index is 9.79. The van der Waals surface area contributed by atoms with Crippen molar-refractivity contribution in [1.29, 1.82) is 0 Å². The third-order valence-electron chi connectivity index (χ3n) is 6.49. The fourth-order valence-corrected chi connectivity index (χ4v) is 4.43. The number of hydrogen-bond acceptors (Lipinski definition) is 8. The van der Waals surface area contributed by atoms with Gasteiger partial charge in [-0.2, -0.15) is 0 Å². The highest BCUT2D eigenvalue weighted by Crippen LogP contribution is 2.30. The van der Waals surface area contributed by atoms with E-state index in [4.69, 9.17) is 9.72 Å². The van der Waals surface area contributed by atoms with Gasteiger partial charge in [-0.05, 0) is 45.2 Å². The van der Waals surface area contributed by atoms with Crippen LogP contribution in [0.3, 0.4) is 0 Å². The highest BCUT2D eigenvalue weighted by atomic mass is 16.5. The van der Waals surface area contributed by atoms with Gasteiger partial charge in [-0.3, -0.25) is 4.98 Å². The minimum Gasteiger partial charge on any atom is -0.497 e. The number of anilines is 4. The van der Waals surface area contributed by atoms with Crippen molar-refractivity contribution in [3.05, 3.63) is 30.1 Å². The molecular weight excluding hydrogens is 404 g/mol. The molecule has 2 heterocycles. The predicted molar refractivity (Wildman–Crippen MR) is 129 cm³/mol. The monoisotopic (exact) mass is 440 g/mol. The molecule has 2 aliphatic rings. The van der Waals surface area contributed by atoms with Gasteiger partial charge >= 0.3 is 0 Å². The number of nitrogens with zero attached hydrogens (tertiary/aromatic N) is 4. The molecule has 3 N–H and O–H groups in total. The molecule has 0 amide bonds. The maximum Gasteiger partial charge on any atom is 0.151 e. The summed E-state index contributed by atoms with van der Waals surface area (Å²) < 4.78 is 5.57. The average molecular weight is 441 g/mol. The van der Waals surface area contributed by atoms with Gasteiger partial charge in [-0.15, -0.1) is 0 Å². The summed E-state index contributed by atoms with van der Waals surface area (Å²) in [6.45, 7) is 6.20. The summed E-state index contributed by atoms with van der Waals surface area (Å²) in [5.41, 5.74) is 3.05. The van der Waals surface area contributed by atoms with Crippen LogP contribution in [0.15, 0.2) is 24.4 Å². The molecule has 1 aromatic carbocycles. The number of hydrogen-bond donors (Lipinski definition) is 3. The summed E-state index contributed by atoms with van der Waals surface area (Å²) >= 11 is 0. The highest BCUT2D eigenvalue weighted by molar-refractivity contribution is 5.67. The van der Waals surface area contributed by atoms with Crippen LogP contribution in [0.2, 0.25) is 0 Å². The van der Waals surface area contributed by atoms with Crippen LogP contribution in [0, 0.1) is 0 Å². The molecule has 0 bridgehead atoms. The van der Waals surface area contributed by atoms with Crippen molar-refractivity contribution in [2.75, 3.05) is 55.9 Å². The lowest BCUT2D eigenvalue weighted by molar-refractivity contribution is 0.126. The number of piperazine rings is 1. The minimum atomic E-state index is -0.166. The van der Waals surface area contributed by atoms with Crippen LogP contribution in [-0.4, -0.2) is 72.5 Å². The van der Waals surface area contributed by atoms with Crippen LogP contribution in [-0.2, 0) is 6.42 Å². The van der Waals surface area contributed by atoms with Gasteiger partial charge in [0.2, 0.25) is 0 Å². The first kappa shape index (κ1) is 22.6. The summed E-state index contributed by atoms with van der Waals surface area (Å²) in [5.74, 6) is 2.36. The number of aliphatic hydroxyl groups is 1. The molecular formula is C24H36N6O2. The van der Waals surface area contributed by atoms with Crippen molar-refractivity contribution in [2.24, 2.45) is 0 Å². The molecule has 8 heteroatoms. The molecule has 4 rings (SSSR count). The molecule has 0 spiro atoms. The van der Waals surface area contributed by atoms with Crippen molar-refractivity contribution in [3.63, 3.8) is 0 Å². The van der Waals surface area contributed by atoms with Crippen molar-refractivity contribution in [3.8, 4) is 5.75 Å². The van der Waals surface area contributed by atoms with Crippen molar-refractivity contribution < 1.29 is 9.84 Å². The summed E-state index contributed by atoms with van der Waals surface area (Å²) in [7, 11) is 3.86. The van der Waals surface area contributed by atoms with Crippen molar-refractivity contribution >= 4 is 23.0 Å². The van der Waals surface area contributed by atoms with Crippen LogP contribution >= 0.6 is 0 Å². The van der Waals surface area contributed by atoms with E-state index in [0.717, 1.165) is 86.9 Å². The molecule has 1 saturated carbocycles. The molecule has 2 aromatic rings. The SMILES string of the molecule is CCc1ncc(Nc2cc(OC)cc(N3CCN(C)CC3)c2)nc1N[C@H]1CC[C@H](O)CC1. The third kappa shape index (κ3) is 5.61. The Labute approximate surface area is 191 Å². The molecule has 0 radical (unpaired) electrons. The number of methoxy groups -OCH3 is 1. The first-order valence-electron chi connectivity index (χ1n) is 11.7. The number of rotatable bonds is 7. The third-order valence-corrected chi connectivity index (χ3v) is 6.49. The normalized spacial score (nSPS) is 21.9. The van der Waals surface area contributed by atoms with E-state index < -0.39 is 0 Å². The van der Waals surface area contributed by atoms with E-state index in [2.05, 4.69) is 51.5 Å². The molecule has 1 aromatic heterocycles. The lowest BCUT2D eigenvalue weighted by Crippen LogP contribution is -2.44. The van der Waals surface area contributed by atoms with Gasteiger partial charge in [0.25, 0.3) is 0 Å². The van der Waals surface area contributed by atoms with E-state index in [0.29, 0.717) is 11.9 Å². The Morgan fingerprint density at radius 2 is 1.84 bits per heavy atom. The Kier molecular flexibility index (Phi) is 7.32. The van der Waals surface area contributed by atoms with E-state index in [1.165, 1.54) is 0 Å². The van der Waals surface area contributed by atoms with E-state index in [1.807, 2.05) is 6.07 Å². The lowest BCUT2D eigenvalue weighted by atomic mass is 9.93. The van der Waals surface area contributed by atoms with E-state index in [9.17, 15) is 5.11 Å². The zero-order chi connectivity index (χ0) is 22.5. The van der Waals surface area contributed by atoms with Gasteiger partial charge in [0.1, 0.15) is 11.6 Å². The summed E-state index contributed by atoms with van der Waals surface area (Å²) in [6.07, 6.45) is 6.02. The average Bonchev–Trinajstić information content (AvgIpc) is 2.81. The Morgan fingerprint density at radius 1 is 1.09 bits per heavy atom. The molecule has 0 atom stereocenters. The molecule has 2 fully saturated rings. The second-order valence-corrected chi connectivity index (χ2v) is 8.89. The molecule has 1 saturated heterocycles. The molecule has 174 valence electrons. The molecule has 0 unspecified atom stereocenters. The predicted octanol–water partition coefficient (Wildman–Crippen LogP) is 3.26. The molecule has 32 heavy (non-hydrogen) atoms. The zero-order valence-electron chi connectivity index (χ0n) is 19.5. The van der Waals surface area contributed by atoms with Crippen molar-refractivity contribution in [1.82, 2.24) is 14.9 Å². The van der Waals surface area contributed by atoms with Gasteiger partial charge in [0.05, 0.1) is 25.1 Å². The number of nitrogens with one attached hydrogen (secondary N) is 2. The number of aromatic nitrogens is 2. The maximum atomic E-state index is 9.79. The van der Waals surface area contributed by atoms with Crippen LogP contribution in [0.1, 0.15) is 38.3 Å². The van der Waals surface area contributed by atoms with E-state index in [-0.39, 0.29) is 6.10 Å². The standard InChI is InChI=1S/C24H36N6O2/c1-4-22-24(27-17-5-7-20(31)8-6-17)28-23(16-25-22)26-18-13-19(15-21(14-18)32-3)30-11-9-29(2)10-12-30/h13-17,20,31H,4-12H2,1-3H3,(H2,26,27,28)/t17-,20-. The topological polar surface area (TPSA) is 85.8 Å². The lowest BCUT2D eigenvalue weighted by Gasteiger charge is -2.34. The van der Waals surface area contributed by atoms with Gasteiger partial charge in [-0.1, -0.05) is 6.92 Å². The van der Waals surface area contributed by atoms with E-state index in [1.54, 1.807) is 13.3 Å². The number of likely N-dealkylation sites (N-methyl/N-ethyl adjacent to an activating group) is 1. The fourth-order valence-electron chi connectivity index (χ4n) is 4.43. The van der Waals surface area contributed by atoms with Crippen molar-refractivity contribution in [2.45, 2.75) is 51.2 Å².